The van der Waals surface area contributed by atoms with Crippen molar-refractivity contribution in [3.05, 3.63) is 5.89 Å². The second kappa shape index (κ2) is 5.62. The lowest BCUT2D eigenvalue weighted by molar-refractivity contribution is -0.00607. The summed E-state index contributed by atoms with van der Waals surface area (Å²) in [7, 11) is 2.10. The molecule has 1 aromatic heterocycles. The van der Waals surface area contributed by atoms with Crippen molar-refractivity contribution in [2.75, 3.05) is 32.5 Å². The van der Waals surface area contributed by atoms with Crippen molar-refractivity contribution in [3.8, 4) is 0 Å². The van der Waals surface area contributed by atoms with Gasteiger partial charge >= 0.3 is 0 Å². The van der Waals surface area contributed by atoms with Gasteiger partial charge in [0.2, 0.25) is 5.89 Å². The van der Waals surface area contributed by atoms with Crippen molar-refractivity contribution in [3.63, 3.8) is 0 Å². The topological polar surface area (TPSA) is 77.4 Å². The average molecular weight is 244 g/mol. The van der Waals surface area contributed by atoms with E-state index in [9.17, 15) is 0 Å². The van der Waals surface area contributed by atoms with Gasteiger partial charge in [0, 0.05) is 18.8 Å². The maximum absolute atomic E-state index is 5.63. The number of nitrogens with zero attached hydrogens (tertiary/aromatic N) is 3. The van der Waals surface area contributed by atoms with Crippen molar-refractivity contribution in [2.24, 2.45) is 5.73 Å². The first-order chi connectivity index (χ1) is 7.78. The van der Waals surface area contributed by atoms with Crippen LogP contribution in [0.5, 0.6) is 0 Å². The number of likely N-dealkylation sites (N-methyl/N-ethyl adjacent to an activating group) is 1. The molecule has 0 bridgehead atoms. The zero-order valence-electron chi connectivity index (χ0n) is 9.26. The number of morpholine rings is 1. The molecule has 0 aromatic carbocycles. The summed E-state index contributed by atoms with van der Waals surface area (Å²) in [6, 6.07) is 0. The average Bonchev–Trinajstić information content (AvgIpc) is 2.74. The summed E-state index contributed by atoms with van der Waals surface area (Å²) < 4.78 is 10.9. The third kappa shape index (κ3) is 3.18. The number of rotatable bonds is 4. The van der Waals surface area contributed by atoms with Gasteiger partial charge < -0.3 is 19.8 Å². The fourth-order valence-electron chi connectivity index (χ4n) is 1.51. The van der Waals surface area contributed by atoms with Gasteiger partial charge in [0.05, 0.1) is 19.3 Å². The number of hydrogen-bond acceptors (Lipinski definition) is 7. The predicted molar refractivity (Wildman–Crippen MR) is 60.2 cm³/mol. The zero-order valence-corrected chi connectivity index (χ0v) is 10.1. The van der Waals surface area contributed by atoms with E-state index in [0.717, 1.165) is 25.4 Å². The van der Waals surface area contributed by atoms with Gasteiger partial charge in [0.15, 0.2) is 0 Å². The molecule has 7 heteroatoms. The van der Waals surface area contributed by atoms with Crippen LogP contribution in [0.25, 0.3) is 0 Å². The Kier molecular flexibility index (Phi) is 4.16. The molecule has 1 fully saturated rings. The minimum Gasteiger partial charge on any atom is -0.415 e. The molecule has 1 aromatic rings. The van der Waals surface area contributed by atoms with Crippen LogP contribution in [0, 0.1) is 0 Å². The fraction of sp³-hybridized carbons (Fsp3) is 0.778. The summed E-state index contributed by atoms with van der Waals surface area (Å²) >= 11 is 1.52. The van der Waals surface area contributed by atoms with E-state index < -0.39 is 0 Å². The molecular formula is C9H16N4O2S. The van der Waals surface area contributed by atoms with Crippen LogP contribution in [0.3, 0.4) is 0 Å². The van der Waals surface area contributed by atoms with Crippen LogP contribution in [0.4, 0.5) is 0 Å². The fourth-order valence-corrected chi connectivity index (χ4v) is 2.29. The van der Waals surface area contributed by atoms with Crippen LogP contribution in [-0.2, 0) is 11.3 Å². The van der Waals surface area contributed by atoms with E-state index in [4.69, 9.17) is 14.9 Å². The molecule has 90 valence electrons. The summed E-state index contributed by atoms with van der Waals surface area (Å²) in [6.45, 7) is 3.03. The summed E-state index contributed by atoms with van der Waals surface area (Å²) in [4.78, 5) is 2.26. The molecule has 1 atom stereocenters. The number of nitrogens with two attached hydrogens (primary N) is 1. The summed E-state index contributed by atoms with van der Waals surface area (Å²) in [5, 5.41) is 8.25. The van der Waals surface area contributed by atoms with Gasteiger partial charge in [-0.1, -0.05) is 11.8 Å². The van der Waals surface area contributed by atoms with Crippen molar-refractivity contribution in [1.29, 1.82) is 0 Å². The first-order valence-electron chi connectivity index (χ1n) is 5.23. The molecule has 0 aliphatic carbocycles. The first-order valence-corrected chi connectivity index (χ1v) is 6.22. The van der Waals surface area contributed by atoms with Gasteiger partial charge in [0.1, 0.15) is 0 Å². The SMILES string of the molecule is CN1CCOC(CSc2nnc(CN)o2)C1. The summed E-state index contributed by atoms with van der Waals surface area (Å²) in [5.41, 5.74) is 5.38. The molecule has 2 N–H and O–H groups in total. The van der Waals surface area contributed by atoms with Crippen LogP contribution in [0.2, 0.25) is 0 Å². The van der Waals surface area contributed by atoms with Crippen LogP contribution in [-0.4, -0.2) is 53.7 Å². The van der Waals surface area contributed by atoms with Crippen molar-refractivity contribution in [1.82, 2.24) is 15.1 Å². The standard InChI is InChI=1S/C9H16N4O2S/c1-13-2-3-14-7(5-13)6-16-9-12-11-8(4-10)15-9/h7H,2-6,10H2,1H3. The Balaban J connectivity index is 1.78. The Labute approximate surface area is 98.5 Å². The van der Waals surface area contributed by atoms with Gasteiger partial charge in [-0.3, -0.25) is 0 Å². The monoisotopic (exact) mass is 244 g/mol. The molecule has 0 amide bonds. The molecule has 0 radical (unpaired) electrons. The number of ether oxygens (including phenoxy) is 1. The molecular weight excluding hydrogens is 228 g/mol. The third-order valence-electron chi connectivity index (χ3n) is 2.36. The Bertz CT molecular complexity index is 333. The number of aromatic nitrogens is 2. The summed E-state index contributed by atoms with van der Waals surface area (Å²) in [5.74, 6) is 1.31. The Morgan fingerprint density at radius 2 is 2.44 bits per heavy atom. The quantitative estimate of drug-likeness (QED) is 0.744. The molecule has 1 unspecified atom stereocenters. The molecule has 1 aliphatic rings. The molecule has 2 rings (SSSR count). The normalized spacial score (nSPS) is 22.5. The van der Waals surface area contributed by atoms with E-state index in [0.29, 0.717) is 11.1 Å². The van der Waals surface area contributed by atoms with Crippen LogP contribution in [0.15, 0.2) is 9.64 Å². The summed E-state index contributed by atoms with van der Waals surface area (Å²) in [6.07, 6.45) is 0.233. The van der Waals surface area contributed by atoms with Crippen molar-refractivity contribution in [2.45, 2.75) is 17.9 Å². The van der Waals surface area contributed by atoms with Gasteiger partial charge in [-0.25, -0.2) is 0 Å². The highest BCUT2D eigenvalue weighted by atomic mass is 32.2. The Morgan fingerprint density at radius 3 is 3.12 bits per heavy atom. The highest BCUT2D eigenvalue weighted by molar-refractivity contribution is 7.99. The minimum atomic E-state index is 0.233. The van der Waals surface area contributed by atoms with Crippen molar-refractivity contribution < 1.29 is 9.15 Å². The minimum absolute atomic E-state index is 0.233. The largest absolute Gasteiger partial charge is 0.415 e. The maximum atomic E-state index is 5.63. The lowest BCUT2D eigenvalue weighted by Crippen LogP contribution is -2.41. The second-order valence-corrected chi connectivity index (χ2v) is 4.70. The van der Waals surface area contributed by atoms with Crippen LogP contribution in [0.1, 0.15) is 5.89 Å². The van der Waals surface area contributed by atoms with E-state index in [1.807, 2.05) is 0 Å². The van der Waals surface area contributed by atoms with Gasteiger partial charge in [-0.05, 0) is 7.05 Å². The van der Waals surface area contributed by atoms with Crippen molar-refractivity contribution >= 4 is 11.8 Å². The zero-order chi connectivity index (χ0) is 11.4. The molecule has 16 heavy (non-hydrogen) atoms. The lowest BCUT2D eigenvalue weighted by atomic mass is 10.3. The van der Waals surface area contributed by atoms with Crippen LogP contribution >= 0.6 is 11.8 Å². The third-order valence-corrected chi connectivity index (χ3v) is 3.31. The maximum Gasteiger partial charge on any atom is 0.276 e. The lowest BCUT2D eigenvalue weighted by Gasteiger charge is -2.29. The van der Waals surface area contributed by atoms with E-state index in [2.05, 4.69) is 22.1 Å². The van der Waals surface area contributed by atoms with Gasteiger partial charge in [-0.2, -0.15) is 0 Å². The number of hydrogen-bond donors (Lipinski definition) is 1. The smallest absolute Gasteiger partial charge is 0.276 e. The highest BCUT2D eigenvalue weighted by Crippen LogP contribution is 2.19. The van der Waals surface area contributed by atoms with E-state index in [-0.39, 0.29) is 12.6 Å². The molecule has 0 spiro atoms. The van der Waals surface area contributed by atoms with E-state index >= 15 is 0 Å². The highest BCUT2D eigenvalue weighted by Gasteiger charge is 2.18. The van der Waals surface area contributed by atoms with E-state index in [1.165, 1.54) is 11.8 Å². The molecule has 1 saturated heterocycles. The second-order valence-electron chi connectivity index (χ2n) is 3.73. The Hall–Kier alpha value is -0.630. The van der Waals surface area contributed by atoms with Crippen LogP contribution < -0.4 is 5.73 Å². The molecule has 0 saturated carbocycles. The van der Waals surface area contributed by atoms with Gasteiger partial charge in [-0.15, -0.1) is 10.2 Å². The van der Waals surface area contributed by atoms with E-state index in [1.54, 1.807) is 0 Å². The van der Waals surface area contributed by atoms with Gasteiger partial charge in [0.25, 0.3) is 5.22 Å². The number of thioether (sulfide) groups is 1. The predicted octanol–water partition coefficient (Wildman–Crippen LogP) is -0.0490. The molecule has 6 nitrogen and oxygen atoms in total. The molecule has 1 aliphatic heterocycles. The first kappa shape index (κ1) is 11.8. The molecule has 2 heterocycles. The Morgan fingerprint density at radius 1 is 1.56 bits per heavy atom.